The normalized spacial score (nSPS) is 12.2. The zero-order valence-electron chi connectivity index (χ0n) is 22.7. The SMILES string of the molecule is Cc1ccc(-c2csc(Cc3ccc(S(=O)(=O)Nc4ccc(CCNC[C@H](O)c5cccnc5)cc4)cc3)n2)cc1. The van der Waals surface area contributed by atoms with Gasteiger partial charge in [0.25, 0.3) is 10.0 Å². The van der Waals surface area contributed by atoms with Crippen LogP contribution in [0, 0.1) is 6.92 Å². The van der Waals surface area contributed by atoms with Crippen molar-refractivity contribution in [3.8, 4) is 11.3 Å². The van der Waals surface area contributed by atoms with Crippen molar-refractivity contribution in [1.82, 2.24) is 15.3 Å². The van der Waals surface area contributed by atoms with Gasteiger partial charge in [-0.15, -0.1) is 11.3 Å². The average Bonchev–Trinajstić information content (AvgIpc) is 3.45. The smallest absolute Gasteiger partial charge is 0.261 e. The van der Waals surface area contributed by atoms with Gasteiger partial charge < -0.3 is 10.4 Å². The van der Waals surface area contributed by atoms with Gasteiger partial charge in [0.15, 0.2) is 0 Å². The number of nitrogens with zero attached hydrogens (tertiary/aromatic N) is 2. The van der Waals surface area contributed by atoms with Crippen LogP contribution in [-0.4, -0.2) is 36.6 Å². The van der Waals surface area contributed by atoms with Crippen molar-refractivity contribution >= 4 is 27.0 Å². The Hall–Kier alpha value is -3.89. The van der Waals surface area contributed by atoms with E-state index in [0.717, 1.165) is 39.4 Å². The van der Waals surface area contributed by atoms with Crippen LogP contribution in [0.3, 0.4) is 0 Å². The predicted octanol–water partition coefficient (Wildman–Crippen LogP) is 5.77. The first-order chi connectivity index (χ1) is 19.9. The molecule has 3 aromatic carbocycles. The number of anilines is 1. The van der Waals surface area contributed by atoms with Gasteiger partial charge >= 0.3 is 0 Å². The summed E-state index contributed by atoms with van der Waals surface area (Å²) in [6.07, 6.45) is 4.11. The molecule has 5 aromatic rings. The van der Waals surface area contributed by atoms with Gasteiger partial charge in [0, 0.05) is 47.6 Å². The number of thiazole rings is 1. The molecule has 3 N–H and O–H groups in total. The zero-order chi connectivity index (χ0) is 28.7. The number of nitrogens with one attached hydrogen (secondary N) is 2. The highest BCUT2D eigenvalue weighted by molar-refractivity contribution is 7.92. The molecule has 0 bridgehead atoms. The summed E-state index contributed by atoms with van der Waals surface area (Å²) >= 11 is 1.60. The molecule has 0 aliphatic carbocycles. The monoisotopic (exact) mass is 584 g/mol. The fraction of sp³-hybridized carbons (Fsp3) is 0.188. The second-order valence-electron chi connectivity index (χ2n) is 9.87. The number of pyridine rings is 1. The lowest BCUT2D eigenvalue weighted by molar-refractivity contribution is 0.174. The topological polar surface area (TPSA) is 104 Å². The molecule has 0 fully saturated rings. The first-order valence-corrected chi connectivity index (χ1v) is 15.7. The van der Waals surface area contributed by atoms with Crippen molar-refractivity contribution in [3.63, 3.8) is 0 Å². The third-order valence-electron chi connectivity index (χ3n) is 6.69. The van der Waals surface area contributed by atoms with E-state index in [1.807, 2.05) is 30.3 Å². The minimum Gasteiger partial charge on any atom is -0.387 e. The van der Waals surface area contributed by atoms with Crippen LogP contribution < -0.4 is 10.0 Å². The molecule has 0 radical (unpaired) electrons. The van der Waals surface area contributed by atoms with E-state index in [1.54, 1.807) is 54.1 Å². The minimum absolute atomic E-state index is 0.209. The molecule has 5 rings (SSSR count). The molecule has 41 heavy (non-hydrogen) atoms. The standard InChI is InChI=1S/C32H32N4O3S2/c1-23-4-10-26(11-5-23)30-22-40-32(35-30)19-25-8-14-29(15-9-25)41(38,39)36-28-12-6-24(7-13-28)16-18-34-21-31(37)27-3-2-17-33-20-27/h2-15,17,20,22,31,34,36-37H,16,18-19,21H2,1H3/t31-/m0/s1. The number of hydrogen-bond donors (Lipinski definition) is 3. The molecule has 0 aliphatic heterocycles. The van der Waals surface area contributed by atoms with Crippen LogP contribution in [0.25, 0.3) is 11.3 Å². The summed E-state index contributed by atoms with van der Waals surface area (Å²) in [5.74, 6) is 0. The maximum atomic E-state index is 13.0. The van der Waals surface area contributed by atoms with Crippen molar-refractivity contribution < 1.29 is 13.5 Å². The third kappa shape index (κ3) is 7.86. The zero-order valence-corrected chi connectivity index (χ0v) is 24.3. The lowest BCUT2D eigenvalue weighted by Gasteiger charge is -2.12. The molecule has 0 spiro atoms. The van der Waals surface area contributed by atoms with Gasteiger partial charge in [0.2, 0.25) is 0 Å². The molecular formula is C32H32N4O3S2. The van der Waals surface area contributed by atoms with Gasteiger partial charge in [0.05, 0.1) is 21.7 Å². The molecule has 0 saturated heterocycles. The van der Waals surface area contributed by atoms with E-state index in [-0.39, 0.29) is 4.90 Å². The first kappa shape index (κ1) is 28.6. The summed E-state index contributed by atoms with van der Waals surface area (Å²) in [5.41, 5.74) is 6.60. The fourth-order valence-electron chi connectivity index (χ4n) is 4.33. The Bertz CT molecular complexity index is 1650. The number of rotatable bonds is 12. The average molecular weight is 585 g/mol. The quantitative estimate of drug-likeness (QED) is 0.161. The van der Waals surface area contributed by atoms with Crippen LogP contribution in [0.2, 0.25) is 0 Å². The summed E-state index contributed by atoms with van der Waals surface area (Å²) < 4.78 is 28.6. The number of aliphatic hydroxyl groups is 1. The Morgan fingerprint density at radius 3 is 2.37 bits per heavy atom. The summed E-state index contributed by atoms with van der Waals surface area (Å²) in [5, 5.41) is 16.5. The van der Waals surface area contributed by atoms with Crippen LogP contribution in [0.5, 0.6) is 0 Å². The summed E-state index contributed by atoms with van der Waals surface area (Å²) in [6, 6.07) is 26.2. The van der Waals surface area contributed by atoms with Crippen LogP contribution >= 0.6 is 11.3 Å². The lowest BCUT2D eigenvalue weighted by atomic mass is 10.1. The molecule has 2 heterocycles. The van der Waals surface area contributed by atoms with Gasteiger partial charge in [-0.25, -0.2) is 13.4 Å². The van der Waals surface area contributed by atoms with Crippen LogP contribution in [-0.2, 0) is 22.9 Å². The molecule has 0 amide bonds. The molecule has 7 nitrogen and oxygen atoms in total. The number of aryl methyl sites for hydroxylation is 1. The van der Waals surface area contributed by atoms with Crippen LogP contribution in [0.4, 0.5) is 5.69 Å². The molecule has 9 heteroatoms. The molecule has 0 unspecified atom stereocenters. The summed E-state index contributed by atoms with van der Waals surface area (Å²) in [7, 11) is -3.72. The second-order valence-corrected chi connectivity index (χ2v) is 12.5. The highest BCUT2D eigenvalue weighted by atomic mass is 32.2. The maximum Gasteiger partial charge on any atom is 0.261 e. The number of benzene rings is 3. The maximum absolute atomic E-state index is 13.0. The van der Waals surface area contributed by atoms with E-state index >= 15 is 0 Å². The number of aromatic nitrogens is 2. The van der Waals surface area contributed by atoms with E-state index in [1.165, 1.54) is 5.56 Å². The second kappa shape index (κ2) is 13.2. The largest absolute Gasteiger partial charge is 0.387 e. The van der Waals surface area contributed by atoms with Crippen LogP contribution in [0.15, 0.2) is 108 Å². The number of sulfonamides is 1. The van der Waals surface area contributed by atoms with E-state index in [2.05, 4.69) is 51.6 Å². The molecule has 210 valence electrons. The van der Waals surface area contributed by atoms with Gasteiger partial charge in [-0.1, -0.05) is 60.2 Å². The van der Waals surface area contributed by atoms with E-state index in [0.29, 0.717) is 25.2 Å². The fourth-order valence-corrected chi connectivity index (χ4v) is 6.22. The predicted molar refractivity (Wildman–Crippen MR) is 165 cm³/mol. The molecular weight excluding hydrogens is 553 g/mol. The Balaban J connectivity index is 1.11. The Morgan fingerprint density at radius 2 is 1.66 bits per heavy atom. The molecule has 0 aliphatic rings. The van der Waals surface area contributed by atoms with E-state index in [9.17, 15) is 13.5 Å². The summed E-state index contributed by atoms with van der Waals surface area (Å²) in [4.78, 5) is 8.99. The van der Waals surface area contributed by atoms with Crippen molar-refractivity contribution in [2.24, 2.45) is 0 Å². The number of hydrogen-bond acceptors (Lipinski definition) is 7. The molecule has 2 aromatic heterocycles. The van der Waals surface area contributed by atoms with Crippen molar-refractivity contribution in [3.05, 3.63) is 130 Å². The Labute approximate surface area is 245 Å². The van der Waals surface area contributed by atoms with E-state index in [4.69, 9.17) is 4.98 Å². The first-order valence-electron chi connectivity index (χ1n) is 13.4. The Kier molecular flexibility index (Phi) is 9.21. The van der Waals surface area contributed by atoms with Gasteiger partial charge in [-0.3, -0.25) is 9.71 Å². The number of aliphatic hydroxyl groups excluding tert-OH is 1. The third-order valence-corrected chi connectivity index (χ3v) is 8.94. The van der Waals surface area contributed by atoms with Crippen LogP contribution in [0.1, 0.15) is 33.4 Å². The highest BCUT2D eigenvalue weighted by Crippen LogP contribution is 2.25. The molecule has 0 saturated carbocycles. The van der Waals surface area contributed by atoms with Crippen molar-refractivity contribution in [1.29, 1.82) is 0 Å². The Morgan fingerprint density at radius 1 is 0.927 bits per heavy atom. The van der Waals surface area contributed by atoms with Gasteiger partial charge in [-0.05, 0) is 61.3 Å². The van der Waals surface area contributed by atoms with Crippen molar-refractivity contribution in [2.45, 2.75) is 30.8 Å². The molecule has 1 atom stereocenters. The lowest BCUT2D eigenvalue weighted by Crippen LogP contribution is -2.23. The van der Waals surface area contributed by atoms with Gasteiger partial charge in [0.1, 0.15) is 0 Å². The summed E-state index contributed by atoms with van der Waals surface area (Å²) in [6.45, 7) is 3.18. The van der Waals surface area contributed by atoms with Crippen molar-refractivity contribution in [2.75, 3.05) is 17.8 Å². The van der Waals surface area contributed by atoms with E-state index < -0.39 is 16.1 Å². The minimum atomic E-state index is -3.72. The highest BCUT2D eigenvalue weighted by Gasteiger charge is 2.15. The van der Waals surface area contributed by atoms with Gasteiger partial charge in [-0.2, -0.15) is 0 Å².